The summed E-state index contributed by atoms with van der Waals surface area (Å²) < 4.78 is 27.8. The Labute approximate surface area is 315 Å². The minimum Gasteiger partial charge on any atom is -0.417 e. The van der Waals surface area contributed by atoms with Crippen LogP contribution in [0.5, 0.6) is 0 Å². The van der Waals surface area contributed by atoms with Crippen LogP contribution < -0.4 is 0 Å². The highest BCUT2D eigenvalue weighted by Crippen LogP contribution is 2.40. The zero-order valence-electron chi connectivity index (χ0n) is 36.1. The number of unbranched alkanes of at least 4 members (excludes halogenated alkanes) is 7. The molecule has 0 amide bonds. The highest BCUT2D eigenvalue weighted by molar-refractivity contribution is 6.75. The molecular weight excluding hydrogens is 665 g/mol. The van der Waals surface area contributed by atoms with Crippen molar-refractivity contribution in [2.75, 3.05) is 6.61 Å². The van der Waals surface area contributed by atoms with Gasteiger partial charge in [0.1, 0.15) is 6.10 Å². The summed E-state index contributed by atoms with van der Waals surface area (Å²) in [7, 11) is -5.75. The first-order chi connectivity index (χ1) is 22.9. The Kier molecular flexibility index (Phi) is 20.3. The summed E-state index contributed by atoms with van der Waals surface area (Å²) in [6.45, 7) is 39.0. The zero-order valence-corrected chi connectivity index (χ0v) is 39.1. The van der Waals surface area contributed by atoms with Crippen molar-refractivity contribution in [2.24, 2.45) is 0 Å². The van der Waals surface area contributed by atoms with Crippen molar-refractivity contribution >= 4 is 25.0 Å². The van der Waals surface area contributed by atoms with E-state index in [0.717, 1.165) is 38.7 Å². The van der Waals surface area contributed by atoms with Crippen molar-refractivity contribution in [3.8, 4) is 0 Å². The molecule has 50 heavy (non-hydrogen) atoms. The summed E-state index contributed by atoms with van der Waals surface area (Å²) in [6.07, 6.45) is 17.7. The zero-order chi connectivity index (χ0) is 38.3. The summed E-state index contributed by atoms with van der Waals surface area (Å²) in [6, 6.07) is 10.6. The lowest BCUT2D eigenvalue weighted by Gasteiger charge is -2.41. The van der Waals surface area contributed by atoms with Crippen LogP contribution in [0.1, 0.15) is 145 Å². The second-order valence-electron chi connectivity index (χ2n) is 19.5. The molecule has 0 radical (unpaired) electrons. The Hall–Kier alpha value is -0.549. The second kappa shape index (κ2) is 21.4. The van der Waals surface area contributed by atoms with Gasteiger partial charge >= 0.3 is 0 Å². The molecule has 0 saturated heterocycles. The maximum atomic E-state index is 7.26. The van der Waals surface area contributed by atoms with E-state index in [2.05, 4.69) is 151 Å². The summed E-state index contributed by atoms with van der Waals surface area (Å²) in [5.41, 5.74) is 1.20. The molecule has 1 aromatic carbocycles. The van der Waals surface area contributed by atoms with E-state index in [0.29, 0.717) is 6.61 Å². The van der Waals surface area contributed by atoms with Gasteiger partial charge < -0.3 is 18.0 Å². The Balaban J connectivity index is 3.32. The van der Waals surface area contributed by atoms with Crippen molar-refractivity contribution in [1.29, 1.82) is 0 Å². The van der Waals surface area contributed by atoms with Crippen LogP contribution in [0.4, 0.5) is 0 Å². The largest absolute Gasteiger partial charge is 0.417 e. The number of hydrogen-bond donors (Lipinski definition) is 0. The van der Waals surface area contributed by atoms with Crippen molar-refractivity contribution in [3.05, 3.63) is 48.0 Å². The number of ether oxygens (including phenoxy) is 1. The highest BCUT2D eigenvalue weighted by atomic mass is 28.4. The van der Waals surface area contributed by atoms with Gasteiger partial charge in [0.05, 0.1) is 18.8 Å². The molecule has 0 spiro atoms. The average molecular weight is 749 g/mol. The molecule has 7 heteroatoms. The quantitative estimate of drug-likeness (QED) is 0.0599. The van der Waals surface area contributed by atoms with Crippen LogP contribution in [0.3, 0.4) is 0 Å². The van der Waals surface area contributed by atoms with Crippen LogP contribution >= 0.6 is 0 Å². The molecule has 4 nitrogen and oxygen atoms in total. The van der Waals surface area contributed by atoms with Crippen molar-refractivity contribution in [2.45, 2.75) is 219 Å². The summed E-state index contributed by atoms with van der Waals surface area (Å²) >= 11 is 0. The van der Waals surface area contributed by atoms with Gasteiger partial charge in [-0.15, -0.1) is 0 Å². The molecule has 0 unspecified atom stereocenters. The van der Waals surface area contributed by atoms with E-state index in [9.17, 15) is 0 Å². The van der Waals surface area contributed by atoms with Gasteiger partial charge in [-0.1, -0.05) is 163 Å². The molecule has 0 aliphatic heterocycles. The normalized spacial score (nSPS) is 15.8. The Morgan fingerprint density at radius 3 is 1.64 bits per heavy atom. The number of hydrogen-bond acceptors (Lipinski definition) is 4. The fraction of sp³-hybridized carbons (Fsp3) is 0.814. The molecule has 0 bridgehead atoms. The van der Waals surface area contributed by atoms with Crippen LogP contribution in [0.25, 0.3) is 0 Å². The molecule has 292 valence electrons. The minimum absolute atomic E-state index is 0.0167. The van der Waals surface area contributed by atoms with Crippen LogP contribution in [-0.4, -0.2) is 49.9 Å². The maximum absolute atomic E-state index is 7.26. The van der Waals surface area contributed by atoms with Gasteiger partial charge in [-0.05, 0) is 79.2 Å². The predicted octanol–water partition coefficient (Wildman–Crippen LogP) is 14.2. The van der Waals surface area contributed by atoms with Crippen molar-refractivity contribution < 1.29 is 18.0 Å². The Morgan fingerprint density at radius 1 is 0.580 bits per heavy atom. The van der Waals surface area contributed by atoms with E-state index in [4.69, 9.17) is 18.0 Å². The molecule has 1 aromatic rings. The molecule has 0 heterocycles. The molecule has 0 aliphatic carbocycles. The molecule has 0 N–H and O–H groups in total. The lowest BCUT2D eigenvalue weighted by atomic mass is 10.0. The van der Waals surface area contributed by atoms with E-state index in [1.165, 1.54) is 44.1 Å². The van der Waals surface area contributed by atoms with Crippen LogP contribution in [0.15, 0.2) is 42.5 Å². The maximum Gasteiger partial charge on any atom is 0.192 e. The van der Waals surface area contributed by atoms with E-state index in [1.807, 2.05) is 0 Å². The van der Waals surface area contributed by atoms with Gasteiger partial charge in [0.2, 0.25) is 0 Å². The molecule has 0 aromatic heterocycles. The Morgan fingerprint density at radius 2 is 1.08 bits per heavy atom. The molecule has 1 rings (SSSR count). The lowest BCUT2D eigenvalue weighted by Crippen LogP contribution is -2.47. The van der Waals surface area contributed by atoms with Crippen molar-refractivity contribution in [3.63, 3.8) is 0 Å². The fourth-order valence-electron chi connectivity index (χ4n) is 5.18. The average Bonchev–Trinajstić information content (AvgIpc) is 2.98. The first-order valence-corrected chi connectivity index (χ1v) is 29.0. The van der Waals surface area contributed by atoms with Gasteiger partial charge in [-0.3, -0.25) is 0 Å². The smallest absolute Gasteiger partial charge is 0.192 e. The standard InChI is InChI=1S/C43H84O4Si3/c1-17-18-19-20-21-27-32-40(47-50(15,16)43(8,9)10)39(44-36-37-29-24-22-25-30-37)34-33-38(46-49(13,14)42(5,6)7)31-26-23-28-35-45-48(11,12)41(2,3)4/h22,24-25,29-30,33-34,38-40H,17-21,23,26-28,31-32,35-36H2,1-16H3/b34-33+/t38-,39-,40+/m1/s1. The molecule has 3 atom stereocenters. The lowest BCUT2D eigenvalue weighted by molar-refractivity contribution is -0.0171. The van der Waals surface area contributed by atoms with Crippen LogP contribution in [0.2, 0.25) is 54.4 Å². The van der Waals surface area contributed by atoms with Gasteiger partial charge in [0.25, 0.3) is 0 Å². The minimum atomic E-state index is -2.05. The van der Waals surface area contributed by atoms with Gasteiger partial charge in [0.15, 0.2) is 25.0 Å². The third-order valence-electron chi connectivity index (χ3n) is 11.9. The van der Waals surface area contributed by atoms with E-state index in [1.54, 1.807) is 0 Å². The third kappa shape index (κ3) is 17.5. The molecule has 0 aliphatic rings. The van der Waals surface area contributed by atoms with E-state index >= 15 is 0 Å². The summed E-state index contributed by atoms with van der Waals surface area (Å²) in [5.74, 6) is 0. The monoisotopic (exact) mass is 749 g/mol. The van der Waals surface area contributed by atoms with Crippen molar-refractivity contribution in [1.82, 2.24) is 0 Å². The second-order valence-corrected chi connectivity index (χ2v) is 33.8. The summed E-state index contributed by atoms with van der Waals surface area (Å²) in [5, 5.41) is 0.521. The Bertz CT molecular complexity index is 1060. The van der Waals surface area contributed by atoms with Gasteiger partial charge in [0, 0.05) is 6.61 Å². The highest BCUT2D eigenvalue weighted by Gasteiger charge is 2.41. The predicted molar refractivity (Wildman–Crippen MR) is 228 cm³/mol. The first kappa shape index (κ1) is 47.5. The number of rotatable bonds is 24. The van der Waals surface area contributed by atoms with E-state index in [-0.39, 0.29) is 33.4 Å². The topological polar surface area (TPSA) is 36.9 Å². The third-order valence-corrected chi connectivity index (χ3v) is 25.5. The molecular formula is C43H84O4Si3. The number of benzene rings is 1. The van der Waals surface area contributed by atoms with Crippen LogP contribution in [0, 0.1) is 0 Å². The SMILES string of the molecule is CCCCCCCC[C@H](O[Si](C)(C)C(C)(C)C)[C@@H](/C=C/[C@@H](CCCCCO[Si](C)(C)C(C)(C)C)O[Si](C)(C)C(C)(C)C)OCc1ccccc1. The van der Waals surface area contributed by atoms with Gasteiger partial charge in [-0.2, -0.15) is 0 Å². The van der Waals surface area contributed by atoms with Gasteiger partial charge in [-0.25, -0.2) is 0 Å². The fourth-order valence-corrected chi connectivity index (χ4v) is 8.93. The van der Waals surface area contributed by atoms with Crippen LogP contribution in [-0.2, 0) is 24.6 Å². The summed E-state index contributed by atoms with van der Waals surface area (Å²) in [4.78, 5) is 0. The molecule has 0 fully saturated rings. The first-order valence-electron chi connectivity index (χ1n) is 20.3. The molecule has 0 saturated carbocycles. The van der Waals surface area contributed by atoms with E-state index < -0.39 is 25.0 Å².